The molecule has 2 atom stereocenters. The minimum atomic E-state index is -0.849. The molecule has 1 aromatic carbocycles. The molecule has 6 heteroatoms. The molecule has 1 aromatic heterocycles. The first-order chi connectivity index (χ1) is 11.7. The molecule has 0 spiro atoms. The van der Waals surface area contributed by atoms with Crippen molar-refractivity contribution in [3.05, 3.63) is 30.5 Å². The van der Waals surface area contributed by atoms with Crippen LogP contribution in [0.4, 0.5) is 0 Å². The number of carboxylic acid groups (broad SMARTS) is 1. The van der Waals surface area contributed by atoms with E-state index in [0.29, 0.717) is 19.4 Å². The third-order valence-electron chi connectivity index (χ3n) is 4.82. The quantitative estimate of drug-likeness (QED) is 0.797. The normalized spacial score (nSPS) is 20.8. The summed E-state index contributed by atoms with van der Waals surface area (Å²) in [5.74, 6) is -1.89. The predicted molar refractivity (Wildman–Crippen MR) is 90.4 cm³/mol. The zero-order chi connectivity index (χ0) is 16.9. The van der Waals surface area contributed by atoms with Crippen molar-refractivity contribution in [1.82, 2.24) is 15.1 Å². The van der Waals surface area contributed by atoms with Gasteiger partial charge < -0.3 is 10.4 Å². The monoisotopic (exact) mass is 329 g/mol. The lowest BCUT2D eigenvalue weighted by Crippen LogP contribution is -2.40. The first kappa shape index (κ1) is 16.5. The highest BCUT2D eigenvalue weighted by Gasteiger charge is 2.35. The summed E-state index contributed by atoms with van der Waals surface area (Å²) in [6.07, 6.45) is 5.71. The van der Waals surface area contributed by atoms with Gasteiger partial charge in [0.1, 0.15) is 0 Å². The lowest BCUT2D eigenvalue weighted by atomic mass is 9.79. The molecule has 0 saturated heterocycles. The van der Waals surface area contributed by atoms with Crippen molar-refractivity contribution in [2.45, 2.75) is 38.6 Å². The number of amides is 1. The number of carbonyl (C=O) groups is 2. The maximum Gasteiger partial charge on any atom is 0.307 e. The molecule has 2 N–H and O–H groups in total. The number of rotatable bonds is 6. The summed E-state index contributed by atoms with van der Waals surface area (Å²) in [6.45, 7) is 1.26. The molecule has 1 saturated carbocycles. The Labute approximate surface area is 140 Å². The summed E-state index contributed by atoms with van der Waals surface area (Å²) in [7, 11) is 0. The van der Waals surface area contributed by atoms with Crippen LogP contribution in [0.2, 0.25) is 0 Å². The number of hydrogen-bond donors (Lipinski definition) is 2. The van der Waals surface area contributed by atoms with E-state index in [4.69, 9.17) is 0 Å². The van der Waals surface area contributed by atoms with Gasteiger partial charge in [-0.05, 0) is 25.3 Å². The van der Waals surface area contributed by atoms with Gasteiger partial charge in [-0.15, -0.1) is 0 Å². The van der Waals surface area contributed by atoms with Crippen LogP contribution in [0.25, 0.3) is 10.9 Å². The molecule has 3 rings (SSSR count). The number of nitrogens with zero attached hydrogens (tertiary/aromatic N) is 2. The average molecular weight is 329 g/mol. The van der Waals surface area contributed by atoms with Crippen molar-refractivity contribution >= 4 is 22.8 Å². The third kappa shape index (κ3) is 3.58. The van der Waals surface area contributed by atoms with Crippen LogP contribution >= 0.6 is 0 Å². The van der Waals surface area contributed by atoms with Gasteiger partial charge in [0.25, 0.3) is 0 Å². The fourth-order valence-electron chi connectivity index (χ4n) is 3.52. The van der Waals surface area contributed by atoms with E-state index in [9.17, 15) is 14.7 Å². The van der Waals surface area contributed by atoms with Crippen LogP contribution in [-0.4, -0.2) is 33.3 Å². The van der Waals surface area contributed by atoms with Gasteiger partial charge in [-0.3, -0.25) is 14.3 Å². The molecule has 1 aliphatic carbocycles. The molecule has 6 nitrogen and oxygen atoms in total. The molecule has 1 fully saturated rings. The summed E-state index contributed by atoms with van der Waals surface area (Å²) in [4.78, 5) is 23.6. The van der Waals surface area contributed by atoms with Gasteiger partial charge in [0.05, 0.1) is 23.5 Å². The van der Waals surface area contributed by atoms with E-state index in [1.807, 2.05) is 35.1 Å². The number of fused-ring (bicyclic) bond motifs is 1. The van der Waals surface area contributed by atoms with Crippen LogP contribution in [0.5, 0.6) is 0 Å². The summed E-state index contributed by atoms with van der Waals surface area (Å²) in [5.41, 5.74) is 1.09. The Morgan fingerprint density at radius 2 is 1.96 bits per heavy atom. The van der Waals surface area contributed by atoms with Crippen molar-refractivity contribution in [3.8, 4) is 0 Å². The number of benzene rings is 1. The largest absolute Gasteiger partial charge is 0.481 e. The highest BCUT2D eigenvalue weighted by Crippen LogP contribution is 2.30. The summed E-state index contributed by atoms with van der Waals surface area (Å²) in [5, 5.41) is 17.6. The smallest absolute Gasteiger partial charge is 0.307 e. The van der Waals surface area contributed by atoms with Gasteiger partial charge in [-0.2, -0.15) is 5.10 Å². The molecular formula is C18H23N3O3. The average Bonchev–Trinajstić information content (AvgIpc) is 3.01. The van der Waals surface area contributed by atoms with Gasteiger partial charge in [0, 0.05) is 18.5 Å². The molecular weight excluding hydrogens is 306 g/mol. The molecule has 128 valence electrons. The fourth-order valence-corrected chi connectivity index (χ4v) is 3.52. The molecule has 1 amide bonds. The molecule has 0 unspecified atom stereocenters. The Morgan fingerprint density at radius 3 is 2.75 bits per heavy atom. The third-order valence-corrected chi connectivity index (χ3v) is 4.82. The van der Waals surface area contributed by atoms with Gasteiger partial charge in [-0.1, -0.05) is 31.0 Å². The lowest BCUT2D eigenvalue weighted by molar-refractivity contribution is -0.148. The zero-order valence-corrected chi connectivity index (χ0v) is 13.6. The van der Waals surface area contributed by atoms with Crippen molar-refractivity contribution in [2.75, 3.05) is 6.54 Å². The first-order valence-electron chi connectivity index (χ1n) is 8.58. The van der Waals surface area contributed by atoms with E-state index < -0.39 is 11.9 Å². The number of para-hydroxylation sites is 1. The Bertz CT molecular complexity index is 725. The van der Waals surface area contributed by atoms with Crippen LogP contribution in [0.3, 0.4) is 0 Å². The molecule has 0 bridgehead atoms. The Morgan fingerprint density at radius 1 is 1.21 bits per heavy atom. The number of aryl methyl sites for hydroxylation is 1. The van der Waals surface area contributed by atoms with E-state index in [1.54, 1.807) is 0 Å². The first-order valence-corrected chi connectivity index (χ1v) is 8.58. The number of carboxylic acids is 1. The van der Waals surface area contributed by atoms with Gasteiger partial charge in [-0.25, -0.2) is 0 Å². The predicted octanol–water partition coefficient (Wildman–Crippen LogP) is 2.43. The second kappa shape index (κ2) is 7.47. The Kier molecular flexibility index (Phi) is 5.13. The summed E-state index contributed by atoms with van der Waals surface area (Å²) in [6, 6.07) is 8.02. The maximum atomic E-state index is 12.3. The van der Waals surface area contributed by atoms with Gasteiger partial charge in [0.15, 0.2) is 0 Å². The molecule has 24 heavy (non-hydrogen) atoms. The molecule has 1 heterocycles. The van der Waals surface area contributed by atoms with E-state index in [2.05, 4.69) is 10.4 Å². The van der Waals surface area contributed by atoms with Crippen molar-refractivity contribution < 1.29 is 14.7 Å². The minimum Gasteiger partial charge on any atom is -0.481 e. The topological polar surface area (TPSA) is 84.2 Å². The van der Waals surface area contributed by atoms with E-state index >= 15 is 0 Å². The van der Waals surface area contributed by atoms with Crippen LogP contribution in [0.15, 0.2) is 30.5 Å². The van der Waals surface area contributed by atoms with E-state index in [1.165, 1.54) is 0 Å². The van der Waals surface area contributed by atoms with E-state index in [0.717, 1.165) is 36.7 Å². The number of aliphatic carboxylic acids is 1. The number of carbonyl (C=O) groups excluding carboxylic acids is 1. The molecule has 0 radical (unpaired) electrons. The second-order valence-electron chi connectivity index (χ2n) is 6.41. The molecule has 1 aliphatic rings. The number of hydrogen-bond acceptors (Lipinski definition) is 3. The molecule has 0 aliphatic heterocycles. The standard InChI is InChI=1S/C18H23N3O3/c22-17(14-7-2-3-8-15(14)18(23)24)19-10-5-11-21-16-9-4-1-6-13(16)12-20-21/h1,4,6,9,12,14-15H,2-3,5,7-8,10-11H2,(H,19,22)(H,23,24)/t14-,15-/m1/s1. The van der Waals surface area contributed by atoms with Crippen molar-refractivity contribution in [1.29, 1.82) is 0 Å². The van der Waals surface area contributed by atoms with Crippen LogP contribution in [0, 0.1) is 11.8 Å². The fraction of sp³-hybridized carbons (Fsp3) is 0.500. The van der Waals surface area contributed by atoms with Crippen LogP contribution in [-0.2, 0) is 16.1 Å². The highest BCUT2D eigenvalue weighted by molar-refractivity contribution is 5.84. The van der Waals surface area contributed by atoms with E-state index in [-0.39, 0.29) is 11.8 Å². The van der Waals surface area contributed by atoms with Crippen LogP contribution < -0.4 is 5.32 Å². The number of aromatic nitrogens is 2. The molecule has 2 aromatic rings. The number of nitrogens with one attached hydrogen (secondary N) is 1. The minimum absolute atomic E-state index is 0.118. The lowest BCUT2D eigenvalue weighted by Gasteiger charge is -2.27. The zero-order valence-electron chi connectivity index (χ0n) is 13.6. The van der Waals surface area contributed by atoms with Crippen LogP contribution in [0.1, 0.15) is 32.1 Å². The maximum absolute atomic E-state index is 12.3. The summed E-state index contributed by atoms with van der Waals surface area (Å²) >= 11 is 0. The SMILES string of the molecule is O=C(O)[C@@H]1CCCC[C@H]1C(=O)NCCCn1ncc2ccccc21. The highest BCUT2D eigenvalue weighted by atomic mass is 16.4. The summed E-state index contributed by atoms with van der Waals surface area (Å²) < 4.78 is 1.93. The van der Waals surface area contributed by atoms with Crippen molar-refractivity contribution in [3.63, 3.8) is 0 Å². The van der Waals surface area contributed by atoms with Gasteiger partial charge in [0.2, 0.25) is 5.91 Å². The Hall–Kier alpha value is -2.37. The Balaban J connectivity index is 1.49. The second-order valence-corrected chi connectivity index (χ2v) is 6.41. The van der Waals surface area contributed by atoms with Gasteiger partial charge >= 0.3 is 5.97 Å². The van der Waals surface area contributed by atoms with Crippen molar-refractivity contribution in [2.24, 2.45) is 11.8 Å².